The van der Waals surface area contributed by atoms with Gasteiger partial charge in [-0.25, -0.2) is 4.39 Å². The molecule has 0 aliphatic carbocycles. The highest BCUT2D eigenvalue weighted by Crippen LogP contribution is 2.28. The van der Waals surface area contributed by atoms with E-state index in [1.807, 2.05) is 0 Å². The molecule has 9 heteroatoms. The van der Waals surface area contributed by atoms with Crippen LogP contribution in [0.1, 0.15) is 11.5 Å². The van der Waals surface area contributed by atoms with Crippen LogP contribution >= 0.6 is 35.0 Å². The molecule has 3 aromatic rings. The Labute approximate surface area is 162 Å². The number of aromatic nitrogens is 2. The Morgan fingerprint density at radius 2 is 1.96 bits per heavy atom. The lowest BCUT2D eigenvalue weighted by Gasteiger charge is -2.05. The summed E-state index contributed by atoms with van der Waals surface area (Å²) in [6, 6.07) is 10.3. The monoisotopic (exact) mass is 412 g/mol. The number of nitrogens with zero attached hydrogens (tertiary/aromatic N) is 2. The number of thioether (sulfide) groups is 1. The standard InChI is InChI=1S/C17H11Cl2FN2O3S/c18-11-3-6-15(13(19)7-11)24-8-16-21-22-17(25-16)26-9-14(23)10-1-4-12(20)5-2-10/h1-7,9,23H,8H2. The summed E-state index contributed by atoms with van der Waals surface area (Å²) in [7, 11) is 0. The normalized spacial score (nSPS) is 11.6. The van der Waals surface area contributed by atoms with Crippen molar-refractivity contribution in [1.29, 1.82) is 0 Å². The smallest absolute Gasteiger partial charge is 0.281 e. The Balaban J connectivity index is 1.59. The van der Waals surface area contributed by atoms with Crippen LogP contribution in [-0.2, 0) is 6.61 Å². The number of hydrogen-bond acceptors (Lipinski definition) is 6. The van der Waals surface area contributed by atoms with Crippen LogP contribution in [0.15, 0.2) is 57.5 Å². The van der Waals surface area contributed by atoms with Crippen LogP contribution in [0.5, 0.6) is 5.75 Å². The van der Waals surface area contributed by atoms with E-state index in [4.69, 9.17) is 32.4 Å². The molecule has 3 rings (SSSR count). The van der Waals surface area contributed by atoms with Crippen molar-refractivity contribution in [3.8, 4) is 5.75 Å². The van der Waals surface area contributed by atoms with E-state index in [-0.39, 0.29) is 29.3 Å². The zero-order valence-corrected chi connectivity index (χ0v) is 15.4. The Hall–Kier alpha value is -2.22. The van der Waals surface area contributed by atoms with Crippen LogP contribution in [0.2, 0.25) is 10.0 Å². The predicted molar refractivity (Wildman–Crippen MR) is 98.0 cm³/mol. The minimum absolute atomic E-state index is 0.0303. The molecule has 0 aliphatic heterocycles. The fourth-order valence-corrected chi connectivity index (χ4v) is 2.91. The highest BCUT2D eigenvalue weighted by Gasteiger charge is 2.09. The van der Waals surface area contributed by atoms with Gasteiger partial charge in [0.05, 0.1) is 5.02 Å². The van der Waals surface area contributed by atoms with Gasteiger partial charge in [0, 0.05) is 16.0 Å². The Morgan fingerprint density at radius 1 is 1.19 bits per heavy atom. The van der Waals surface area contributed by atoms with Crippen LogP contribution in [0, 0.1) is 5.82 Å². The summed E-state index contributed by atoms with van der Waals surface area (Å²) in [5, 5.41) is 20.2. The lowest BCUT2D eigenvalue weighted by atomic mass is 10.2. The van der Waals surface area contributed by atoms with Crippen molar-refractivity contribution >= 4 is 40.7 Å². The molecule has 0 amide bonds. The molecule has 0 aliphatic rings. The molecule has 1 heterocycles. The van der Waals surface area contributed by atoms with E-state index in [9.17, 15) is 9.50 Å². The minimum Gasteiger partial charge on any atom is -0.507 e. The first-order chi connectivity index (χ1) is 12.5. The molecule has 0 saturated heterocycles. The molecule has 1 N–H and O–H groups in total. The fraction of sp³-hybridized carbons (Fsp3) is 0.0588. The second-order valence-electron chi connectivity index (χ2n) is 4.95. The number of hydrogen-bond donors (Lipinski definition) is 1. The molecule has 0 bridgehead atoms. The zero-order chi connectivity index (χ0) is 18.5. The molecule has 5 nitrogen and oxygen atoms in total. The molecule has 134 valence electrons. The maximum Gasteiger partial charge on any atom is 0.281 e. The molecule has 1 aromatic heterocycles. The van der Waals surface area contributed by atoms with Gasteiger partial charge in [-0.3, -0.25) is 0 Å². The zero-order valence-electron chi connectivity index (χ0n) is 13.0. The van der Waals surface area contributed by atoms with Gasteiger partial charge >= 0.3 is 0 Å². The van der Waals surface area contributed by atoms with E-state index in [1.54, 1.807) is 18.2 Å². The van der Waals surface area contributed by atoms with Gasteiger partial charge in [0.2, 0.25) is 0 Å². The number of rotatable bonds is 6. The van der Waals surface area contributed by atoms with E-state index < -0.39 is 0 Å². The van der Waals surface area contributed by atoms with Crippen molar-refractivity contribution in [3.63, 3.8) is 0 Å². The van der Waals surface area contributed by atoms with Crippen LogP contribution in [0.3, 0.4) is 0 Å². The van der Waals surface area contributed by atoms with E-state index in [0.717, 1.165) is 11.8 Å². The van der Waals surface area contributed by atoms with Crippen molar-refractivity contribution < 1.29 is 18.7 Å². The summed E-state index contributed by atoms with van der Waals surface area (Å²) >= 11 is 12.9. The number of aliphatic hydroxyl groups is 1. The Bertz CT molecular complexity index is 932. The molecule has 0 spiro atoms. The number of aliphatic hydroxyl groups excluding tert-OH is 1. The van der Waals surface area contributed by atoms with Gasteiger partial charge in [-0.1, -0.05) is 23.2 Å². The van der Waals surface area contributed by atoms with Gasteiger partial charge in [0.15, 0.2) is 6.61 Å². The van der Waals surface area contributed by atoms with E-state index in [2.05, 4.69) is 10.2 Å². The average Bonchev–Trinajstić information content (AvgIpc) is 3.07. The van der Waals surface area contributed by atoms with Crippen LogP contribution in [0.25, 0.3) is 5.76 Å². The summed E-state index contributed by atoms with van der Waals surface area (Å²) < 4.78 is 23.8. The minimum atomic E-state index is -0.378. The third-order valence-corrected chi connectivity index (χ3v) is 4.34. The van der Waals surface area contributed by atoms with Crippen molar-refractivity contribution in [2.45, 2.75) is 11.8 Å². The van der Waals surface area contributed by atoms with Crippen LogP contribution in [0.4, 0.5) is 4.39 Å². The molecule has 0 radical (unpaired) electrons. The number of halogens is 3. The van der Waals surface area contributed by atoms with Gasteiger partial charge in [0.1, 0.15) is 17.3 Å². The number of ether oxygens (including phenoxy) is 1. The third kappa shape index (κ3) is 4.91. The Kier molecular flexibility index (Phi) is 6.03. The maximum atomic E-state index is 12.9. The first-order valence-electron chi connectivity index (χ1n) is 7.23. The van der Waals surface area contributed by atoms with E-state index in [1.165, 1.54) is 29.7 Å². The highest BCUT2D eigenvalue weighted by molar-refractivity contribution is 8.02. The molecule has 0 saturated carbocycles. The fourth-order valence-electron chi connectivity index (χ4n) is 1.87. The third-order valence-electron chi connectivity index (χ3n) is 3.10. The molecule has 26 heavy (non-hydrogen) atoms. The van der Waals surface area contributed by atoms with Crippen molar-refractivity contribution in [1.82, 2.24) is 10.2 Å². The summed E-state index contributed by atoms with van der Waals surface area (Å²) in [5.74, 6) is 0.265. The molecule has 0 atom stereocenters. The SMILES string of the molecule is OC(=CSc1nnc(COc2ccc(Cl)cc2Cl)o1)c1ccc(F)cc1. The van der Waals surface area contributed by atoms with Gasteiger partial charge in [-0.05, 0) is 54.2 Å². The molecular weight excluding hydrogens is 402 g/mol. The second kappa shape index (κ2) is 8.44. The van der Waals surface area contributed by atoms with Gasteiger partial charge < -0.3 is 14.3 Å². The molecule has 0 fully saturated rings. The van der Waals surface area contributed by atoms with Crippen LogP contribution in [-0.4, -0.2) is 15.3 Å². The highest BCUT2D eigenvalue weighted by atomic mass is 35.5. The van der Waals surface area contributed by atoms with Crippen molar-refractivity contribution in [2.24, 2.45) is 0 Å². The quantitative estimate of drug-likeness (QED) is 0.410. The van der Waals surface area contributed by atoms with Gasteiger partial charge in [0.25, 0.3) is 11.1 Å². The molecular formula is C17H11Cl2FN2O3S. The molecule has 0 unspecified atom stereocenters. The summed E-state index contributed by atoms with van der Waals surface area (Å²) in [4.78, 5) is 0. The largest absolute Gasteiger partial charge is 0.507 e. The van der Waals surface area contributed by atoms with Crippen LogP contribution < -0.4 is 4.74 Å². The summed E-state index contributed by atoms with van der Waals surface area (Å²) in [6.07, 6.45) is 0. The lowest BCUT2D eigenvalue weighted by Crippen LogP contribution is -1.96. The topological polar surface area (TPSA) is 68.4 Å². The maximum absolute atomic E-state index is 12.9. The van der Waals surface area contributed by atoms with Gasteiger partial charge in [-0.15, -0.1) is 10.2 Å². The first kappa shape index (κ1) is 18.6. The predicted octanol–water partition coefficient (Wildman–Crippen LogP) is 5.74. The van der Waals surface area contributed by atoms with Crippen molar-refractivity contribution in [3.05, 3.63) is 75.2 Å². The van der Waals surface area contributed by atoms with E-state index >= 15 is 0 Å². The number of benzene rings is 2. The first-order valence-corrected chi connectivity index (χ1v) is 8.87. The average molecular weight is 413 g/mol. The Morgan fingerprint density at radius 3 is 2.69 bits per heavy atom. The van der Waals surface area contributed by atoms with E-state index in [0.29, 0.717) is 21.4 Å². The molecule has 2 aromatic carbocycles. The van der Waals surface area contributed by atoms with Crippen molar-refractivity contribution in [2.75, 3.05) is 0 Å². The summed E-state index contributed by atoms with van der Waals surface area (Å²) in [6.45, 7) is 0.0303. The summed E-state index contributed by atoms with van der Waals surface area (Å²) in [5.41, 5.74) is 0.472. The lowest BCUT2D eigenvalue weighted by molar-refractivity contribution is 0.252. The van der Waals surface area contributed by atoms with Gasteiger partial charge in [-0.2, -0.15) is 0 Å². The second-order valence-corrected chi connectivity index (χ2v) is 6.62.